The SMILES string of the molecule is NC1CC12CC(NC(=O)Cc1cnccc1C(F)(F)F)C2. The summed E-state index contributed by atoms with van der Waals surface area (Å²) in [6.45, 7) is 0. The molecule has 1 heterocycles. The standard InChI is InChI=1S/C14H16F3N3O/c15-14(16,17)10-1-2-19-7-8(10)3-12(21)20-9-4-13(5-9)6-11(13)18/h1-2,7,9,11H,3-6,18H2,(H,20,21). The van der Waals surface area contributed by atoms with Crippen LogP contribution in [0.2, 0.25) is 0 Å². The van der Waals surface area contributed by atoms with Crippen LogP contribution >= 0.6 is 0 Å². The molecule has 1 unspecified atom stereocenters. The summed E-state index contributed by atoms with van der Waals surface area (Å²) in [6.07, 6.45) is 0.0479. The summed E-state index contributed by atoms with van der Waals surface area (Å²) in [5, 5.41) is 2.77. The lowest BCUT2D eigenvalue weighted by molar-refractivity contribution is -0.138. The second-order valence-electron chi connectivity index (χ2n) is 6.05. The second kappa shape index (κ2) is 4.69. The number of nitrogens with one attached hydrogen (secondary N) is 1. The minimum Gasteiger partial charge on any atom is -0.353 e. The Morgan fingerprint density at radius 1 is 1.43 bits per heavy atom. The van der Waals surface area contributed by atoms with Gasteiger partial charge in [0.15, 0.2) is 0 Å². The number of hydrogen-bond acceptors (Lipinski definition) is 3. The normalized spacial score (nSPS) is 30.9. The average Bonchev–Trinajstić information content (AvgIpc) is 2.99. The molecule has 2 saturated carbocycles. The first kappa shape index (κ1) is 14.3. The van der Waals surface area contributed by atoms with Gasteiger partial charge in [-0.15, -0.1) is 0 Å². The molecule has 1 amide bonds. The molecule has 114 valence electrons. The lowest BCUT2D eigenvalue weighted by atomic mass is 9.76. The highest BCUT2D eigenvalue weighted by atomic mass is 19.4. The van der Waals surface area contributed by atoms with E-state index in [1.807, 2.05) is 0 Å². The number of nitrogens with zero attached hydrogens (tertiary/aromatic N) is 1. The second-order valence-corrected chi connectivity index (χ2v) is 6.05. The quantitative estimate of drug-likeness (QED) is 0.891. The molecule has 0 bridgehead atoms. The Hall–Kier alpha value is -1.63. The summed E-state index contributed by atoms with van der Waals surface area (Å²) >= 11 is 0. The van der Waals surface area contributed by atoms with Crippen LogP contribution in [0.4, 0.5) is 13.2 Å². The van der Waals surface area contributed by atoms with Crippen molar-refractivity contribution in [2.24, 2.45) is 11.1 Å². The zero-order valence-electron chi connectivity index (χ0n) is 11.3. The summed E-state index contributed by atoms with van der Waals surface area (Å²) in [7, 11) is 0. The minimum absolute atomic E-state index is 0.0389. The van der Waals surface area contributed by atoms with Crippen molar-refractivity contribution >= 4 is 5.91 Å². The number of aromatic nitrogens is 1. The Labute approximate surface area is 119 Å². The molecule has 4 nitrogen and oxygen atoms in total. The van der Waals surface area contributed by atoms with E-state index in [0.29, 0.717) is 0 Å². The molecule has 21 heavy (non-hydrogen) atoms. The predicted molar refractivity (Wildman–Crippen MR) is 69.1 cm³/mol. The van der Waals surface area contributed by atoms with Gasteiger partial charge in [-0.25, -0.2) is 0 Å². The smallest absolute Gasteiger partial charge is 0.353 e. The Morgan fingerprint density at radius 3 is 2.67 bits per heavy atom. The van der Waals surface area contributed by atoms with Gasteiger partial charge in [0.05, 0.1) is 12.0 Å². The summed E-state index contributed by atoms with van der Waals surface area (Å²) in [6, 6.07) is 1.15. The minimum atomic E-state index is -4.47. The van der Waals surface area contributed by atoms with E-state index in [9.17, 15) is 18.0 Å². The molecular weight excluding hydrogens is 283 g/mol. The third kappa shape index (κ3) is 2.74. The van der Waals surface area contributed by atoms with Gasteiger partial charge in [-0.05, 0) is 36.3 Å². The maximum atomic E-state index is 12.8. The van der Waals surface area contributed by atoms with Crippen LogP contribution in [0.3, 0.4) is 0 Å². The van der Waals surface area contributed by atoms with E-state index in [-0.39, 0.29) is 29.5 Å². The molecule has 3 N–H and O–H groups in total. The molecule has 1 aromatic rings. The first-order valence-corrected chi connectivity index (χ1v) is 6.85. The summed E-state index contributed by atoms with van der Waals surface area (Å²) < 4.78 is 38.5. The molecule has 1 aromatic heterocycles. The number of rotatable bonds is 3. The van der Waals surface area contributed by atoms with Crippen molar-refractivity contribution in [3.05, 3.63) is 29.6 Å². The Bertz CT molecular complexity index is 567. The fourth-order valence-electron chi connectivity index (χ4n) is 3.17. The Morgan fingerprint density at radius 2 is 2.10 bits per heavy atom. The molecule has 2 aliphatic rings. The zero-order chi connectivity index (χ0) is 15.3. The van der Waals surface area contributed by atoms with Crippen molar-refractivity contribution in [3.63, 3.8) is 0 Å². The topological polar surface area (TPSA) is 68.0 Å². The number of carbonyl (C=O) groups is 1. The van der Waals surface area contributed by atoms with Gasteiger partial charge in [0.2, 0.25) is 5.91 Å². The fraction of sp³-hybridized carbons (Fsp3) is 0.571. The van der Waals surface area contributed by atoms with Crippen molar-refractivity contribution in [1.29, 1.82) is 0 Å². The molecule has 0 radical (unpaired) electrons. The molecular formula is C14H16F3N3O. The van der Waals surface area contributed by atoms with Gasteiger partial charge in [-0.1, -0.05) is 0 Å². The zero-order valence-corrected chi connectivity index (χ0v) is 11.3. The van der Waals surface area contributed by atoms with Gasteiger partial charge < -0.3 is 11.1 Å². The van der Waals surface area contributed by atoms with Crippen LogP contribution in [0.1, 0.15) is 30.4 Å². The van der Waals surface area contributed by atoms with Gasteiger partial charge in [0.25, 0.3) is 0 Å². The van der Waals surface area contributed by atoms with E-state index in [1.54, 1.807) is 0 Å². The number of nitrogens with two attached hydrogens (primary N) is 1. The molecule has 1 spiro atoms. The maximum Gasteiger partial charge on any atom is 0.416 e. The van der Waals surface area contributed by atoms with Crippen LogP contribution in [0, 0.1) is 5.41 Å². The maximum absolute atomic E-state index is 12.8. The van der Waals surface area contributed by atoms with Crippen LogP contribution in [-0.4, -0.2) is 23.0 Å². The first-order chi connectivity index (χ1) is 9.80. The monoisotopic (exact) mass is 299 g/mol. The molecule has 2 aliphatic carbocycles. The van der Waals surface area contributed by atoms with E-state index >= 15 is 0 Å². The third-order valence-electron chi connectivity index (χ3n) is 4.48. The van der Waals surface area contributed by atoms with E-state index in [4.69, 9.17) is 5.73 Å². The number of carbonyl (C=O) groups excluding carboxylic acids is 1. The van der Waals surface area contributed by atoms with E-state index in [0.717, 1.165) is 37.7 Å². The summed E-state index contributed by atoms with van der Waals surface area (Å²) in [4.78, 5) is 15.5. The average molecular weight is 299 g/mol. The van der Waals surface area contributed by atoms with Crippen LogP contribution in [0.25, 0.3) is 0 Å². The van der Waals surface area contributed by atoms with Crippen LogP contribution in [-0.2, 0) is 17.4 Å². The highest BCUT2D eigenvalue weighted by Gasteiger charge is 2.60. The molecule has 0 aromatic carbocycles. The van der Waals surface area contributed by atoms with Crippen LogP contribution in [0.15, 0.2) is 18.5 Å². The third-order valence-corrected chi connectivity index (χ3v) is 4.48. The number of hydrogen-bond donors (Lipinski definition) is 2. The number of amides is 1. The van der Waals surface area contributed by atoms with Crippen LogP contribution < -0.4 is 11.1 Å². The summed E-state index contributed by atoms with van der Waals surface area (Å²) in [5.41, 5.74) is 5.10. The van der Waals surface area contributed by atoms with E-state index in [2.05, 4.69) is 10.3 Å². The van der Waals surface area contributed by atoms with E-state index in [1.165, 1.54) is 0 Å². The molecule has 2 fully saturated rings. The van der Waals surface area contributed by atoms with Gasteiger partial charge in [-0.3, -0.25) is 9.78 Å². The highest BCUT2D eigenvalue weighted by molar-refractivity contribution is 5.79. The summed E-state index contributed by atoms with van der Waals surface area (Å²) in [5.74, 6) is -0.400. The van der Waals surface area contributed by atoms with Crippen molar-refractivity contribution in [3.8, 4) is 0 Å². The Kier molecular flexibility index (Phi) is 3.20. The predicted octanol–water partition coefficient (Wildman–Crippen LogP) is 1.64. The molecule has 0 saturated heterocycles. The number of pyridine rings is 1. The fourth-order valence-corrected chi connectivity index (χ4v) is 3.17. The molecule has 1 atom stereocenters. The van der Waals surface area contributed by atoms with Crippen molar-refractivity contribution < 1.29 is 18.0 Å². The molecule has 0 aliphatic heterocycles. The van der Waals surface area contributed by atoms with Crippen LogP contribution in [0.5, 0.6) is 0 Å². The molecule has 7 heteroatoms. The largest absolute Gasteiger partial charge is 0.416 e. The van der Waals surface area contributed by atoms with Gasteiger partial charge in [-0.2, -0.15) is 13.2 Å². The van der Waals surface area contributed by atoms with E-state index < -0.39 is 17.6 Å². The number of alkyl halides is 3. The Balaban J connectivity index is 1.58. The van der Waals surface area contributed by atoms with Crippen molar-refractivity contribution in [2.45, 2.75) is 43.9 Å². The number of halogens is 3. The van der Waals surface area contributed by atoms with Gasteiger partial charge in [0.1, 0.15) is 0 Å². The molecule has 3 rings (SSSR count). The lowest BCUT2D eigenvalue weighted by Gasteiger charge is -2.37. The highest BCUT2D eigenvalue weighted by Crippen LogP contribution is 2.59. The lowest BCUT2D eigenvalue weighted by Crippen LogP contribution is -2.47. The van der Waals surface area contributed by atoms with Gasteiger partial charge in [0, 0.05) is 24.5 Å². The van der Waals surface area contributed by atoms with Crippen molar-refractivity contribution in [1.82, 2.24) is 10.3 Å². The first-order valence-electron chi connectivity index (χ1n) is 6.85. The van der Waals surface area contributed by atoms with Crippen molar-refractivity contribution in [2.75, 3.05) is 0 Å². The van der Waals surface area contributed by atoms with Gasteiger partial charge >= 0.3 is 6.18 Å².